The van der Waals surface area contributed by atoms with Gasteiger partial charge < -0.3 is 9.47 Å². The number of hydrogen-bond acceptors (Lipinski definition) is 4. The van der Waals surface area contributed by atoms with Crippen LogP contribution in [-0.4, -0.2) is 35.6 Å². The molecule has 0 bridgehead atoms. The summed E-state index contributed by atoms with van der Waals surface area (Å²) in [6.45, 7) is 6.55. The van der Waals surface area contributed by atoms with E-state index in [1.807, 2.05) is 28.9 Å². The van der Waals surface area contributed by atoms with E-state index in [0.717, 1.165) is 43.3 Å². The standard InChI is InChI=1S/C17H24N2O3/c1-3-5-12-21-13-8-11-19-15-10-7-6-9-14(15)16(18-19)17(20)22-4-2/h6-7,9-10H,3-5,8,11-13H2,1-2H3. The molecule has 1 heterocycles. The lowest BCUT2D eigenvalue weighted by molar-refractivity contribution is 0.0520. The minimum absolute atomic E-state index is 0.352. The zero-order valence-corrected chi connectivity index (χ0v) is 13.4. The molecule has 2 rings (SSSR count). The van der Waals surface area contributed by atoms with Crippen LogP contribution in [0.15, 0.2) is 24.3 Å². The summed E-state index contributed by atoms with van der Waals surface area (Å²) in [6, 6.07) is 7.74. The lowest BCUT2D eigenvalue weighted by atomic mass is 10.2. The van der Waals surface area contributed by atoms with Gasteiger partial charge in [0.15, 0.2) is 5.69 Å². The largest absolute Gasteiger partial charge is 0.461 e. The molecule has 0 spiro atoms. The van der Waals surface area contributed by atoms with Crippen LogP contribution < -0.4 is 0 Å². The summed E-state index contributed by atoms with van der Waals surface area (Å²) >= 11 is 0. The van der Waals surface area contributed by atoms with Gasteiger partial charge in [-0.25, -0.2) is 4.79 Å². The number of aromatic nitrogens is 2. The van der Waals surface area contributed by atoms with E-state index >= 15 is 0 Å². The molecular formula is C17H24N2O3. The first-order valence-corrected chi connectivity index (χ1v) is 7.98. The average Bonchev–Trinajstić information content (AvgIpc) is 2.90. The summed E-state index contributed by atoms with van der Waals surface area (Å²) < 4.78 is 12.5. The summed E-state index contributed by atoms with van der Waals surface area (Å²) in [5, 5.41) is 5.27. The predicted octanol–water partition coefficient (Wildman–Crippen LogP) is 3.42. The fourth-order valence-electron chi connectivity index (χ4n) is 2.31. The van der Waals surface area contributed by atoms with E-state index < -0.39 is 0 Å². The van der Waals surface area contributed by atoms with Crippen molar-refractivity contribution in [2.24, 2.45) is 0 Å². The molecule has 0 saturated heterocycles. The highest BCUT2D eigenvalue weighted by molar-refractivity contribution is 6.02. The third-order valence-electron chi connectivity index (χ3n) is 3.43. The van der Waals surface area contributed by atoms with Crippen LogP contribution in [0.4, 0.5) is 0 Å². The van der Waals surface area contributed by atoms with Gasteiger partial charge in [-0.05, 0) is 25.8 Å². The quantitative estimate of drug-likeness (QED) is 0.526. The van der Waals surface area contributed by atoms with Crippen LogP contribution in [-0.2, 0) is 16.0 Å². The number of rotatable bonds is 9. The molecule has 1 aromatic heterocycles. The molecule has 0 amide bonds. The number of carbonyl (C=O) groups excluding carboxylic acids is 1. The Kier molecular flexibility index (Phi) is 6.40. The van der Waals surface area contributed by atoms with E-state index in [1.165, 1.54) is 0 Å². The maximum absolute atomic E-state index is 12.0. The zero-order valence-electron chi connectivity index (χ0n) is 13.4. The predicted molar refractivity (Wildman–Crippen MR) is 86.0 cm³/mol. The van der Waals surface area contributed by atoms with Crippen molar-refractivity contribution in [2.45, 2.75) is 39.7 Å². The van der Waals surface area contributed by atoms with E-state index in [9.17, 15) is 4.79 Å². The van der Waals surface area contributed by atoms with Gasteiger partial charge in [-0.3, -0.25) is 4.68 Å². The molecule has 5 heteroatoms. The number of para-hydroxylation sites is 1. The molecule has 0 atom stereocenters. The molecule has 0 aliphatic rings. The first-order valence-electron chi connectivity index (χ1n) is 7.98. The van der Waals surface area contributed by atoms with Crippen molar-refractivity contribution in [1.29, 1.82) is 0 Å². The maximum atomic E-state index is 12.0. The van der Waals surface area contributed by atoms with Crippen LogP contribution in [0.3, 0.4) is 0 Å². The highest BCUT2D eigenvalue weighted by atomic mass is 16.5. The fourth-order valence-corrected chi connectivity index (χ4v) is 2.31. The van der Waals surface area contributed by atoms with Crippen LogP contribution in [0, 0.1) is 0 Å². The van der Waals surface area contributed by atoms with Crippen LogP contribution in [0.25, 0.3) is 10.9 Å². The fraction of sp³-hybridized carbons (Fsp3) is 0.529. The van der Waals surface area contributed by atoms with E-state index in [0.29, 0.717) is 18.9 Å². The Balaban J connectivity index is 2.05. The molecule has 0 aliphatic carbocycles. The third-order valence-corrected chi connectivity index (χ3v) is 3.43. The van der Waals surface area contributed by atoms with Gasteiger partial charge in [-0.1, -0.05) is 31.5 Å². The van der Waals surface area contributed by atoms with E-state index in [2.05, 4.69) is 12.0 Å². The average molecular weight is 304 g/mol. The Labute approximate surface area is 131 Å². The van der Waals surface area contributed by atoms with Crippen LogP contribution in [0.1, 0.15) is 43.6 Å². The summed E-state index contributed by atoms with van der Waals surface area (Å²) in [5.74, 6) is -0.364. The highest BCUT2D eigenvalue weighted by Gasteiger charge is 2.17. The Bertz CT molecular complexity index is 607. The lowest BCUT2D eigenvalue weighted by Crippen LogP contribution is -2.09. The number of aryl methyl sites for hydroxylation is 1. The normalized spacial score (nSPS) is 11.0. The summed E-state index contributed by atoms with van der Waals surface area (Å²) in [7, 11) is 0. The van der Waals surface area contributed by atoms with Gasteiger partial charge in [-0.2, -0.15) is 5.10 Å². The Hall–Kier alpha value is -1.88. The minimum atomic E-state index is -0.364. The summed E-state index contributed by atoms with van der Waals surface area (Å²) in [6.07, 6.45) is 3.11. The van der Waals surface area contributed by atoms with Gasteiger partial charge in [-0.15, -0.1) is 0 Å². The molecule has 0 N–H and O–H groups in total. The van der Waals surface area contributed by atoms with Gasteiger partial charge in [0.1, 0.15) is 0 Å². The highest BCUT2D eigenvalue weighted by Crippen LogP contribution is 2.19. The molecule has 0 radical (unpaired) electrons. The number of carbonyl (C=O) groups is 1. The van der Waals surface area contributed by atoms with Gasteiger partial charge in [0.2, 0.25) is 0 Å². The second-order valence-corrected chi connectivity index (χ2v) is 5.13. The van der Waals surface area contributed by atoms with Crippen molar-refractivity contribution in [3.63, 3.8) is 0 Å². The Morgan fingerprint density at radius 1 is 1.18 bits per heavy atom. The Morgan fingerprint density at radius 3 is 2.73 bits per heavy atom. The minimum Gasteiger partial charge on any atom is -0.461 e. The number of ether oxygens (including phenoxy) is 2. The number of esters is 1. The van der Waals surface area contributed by atoms with E-state index in [4.69, 9.17) is 9.47 Å². The van der Waals surface area contributed by atoms with Crippen molar-refractivity contribution < 1.29 is 14.3 Å². The first kappa shape index (κ1) is 16.5. The van der Waals surface area contributed by atoms with Crippen LogP contribution in [0.5, 0.6) is 0 Å². The molecule has 22 heavy (non-hydrogen) atoms. The number of nitrogens with zero attached hydrogens (tertiary/aromatic N) is 2. The topological polar surface area (TPSA) is 53.4 Å². The summed E-state index contributed by atoms with van der Waals surface area (Å²) in [5.41, 5.74) is 1.35. The molecule has 5 nitrogen and oxygen atoms in total. The summed E-state index contributed by atoms with van der Waals surface area (Å²) in [4.78, 5) is 12.0. The molecule has 2 aromatic rings. The van der Waals surface area contributed by atoms with Crippen molar-refractivity contribution in [1.82, 2.24) is 9.78 Å². The number of unbranched alkanes of at least 4 members (excludes halogenated alkanes) is 1. The Morgan fingerprint density at radius 2 is 1.95 bits per heavy atom. The molecule has 120 valence electrons. The first-order chi connectivity index (χ1) is 10.8. The van der Waals surface area contributed by atoms with Crippen molar-refractivity contribution in [3.8, 4) is 0 Å². The number of fused-ring (bicyclic) bond motifs is 1. The van der Waals surface area contributed by atoms with Gasteiger partial charge in [0.25, 0.3) is 0 Å². The molecule has 0 saturated carbocycles. The van der Waals surface area contributed by atoms with Crippen LogP contribution >= 0.6 is 0 Å². The van der Waals surface area contributed by atoms with E-state index in [-0.39, 0.29) is 5.97 Å². The monoisotopic (exact) mass is 304 g/mol. The molecule has 0 fully saturated rings. The van der Waals surface area contributed by atoms with E-state index in [1.54, 1.807) is 6.92 Å². The maximum Gasteiger partial charge on any atom is 0.359 e. The third kappa shape index (κ3) is 4.07. The molecule has 0 unspecified atom stereocenters. The molecule has 1 aromatic carbocycles. The molecule has 0 aliphatic heterocycles. The second kappa shape index (κ2) is 8.54. The number of benzene rings is 1. The van der Waals surface area contributed by atoms with Crippen molar-refractivity contribution in [3.05, 3.63) is 30.0 Å². The van der Waals surface area contributed by atoms with Crippen LogP contribution in [0.2, 0.25) is 0 Å². The van der Waals surface area contributed by atoms with Gasteiger partial charge in [0, 0.05) is 25.1 Å². The van der Waals surface area contributed by atoms with Gasteiger partial charge in [0.05, 0.1) is 12.1 Å². The smallest absolute Gasteiger partial charge is 0.359 e. The van der Waals surface area contributed by atoms with Crippen molar-refractivity contribution >= 4 is 16.9 Å². The number of hydrogen-bond donors (Lipinski definition) is 0. The van der Waals surface area contributed by atoms with Crippen molar-refractivity contribution in [2.75, 3.05) is 19.8 Å². The second-order valence-electron chi connectivity index (χ2n) is 5.13. The zero-order chi connectivity index (χ0) is 15.8. The lowest BCUT2D eigenvalue weighted by Gasteiger charge is -2.05. The SMILES string of the molecule is CCCCOCCCn1nc(C(=O)OCC)c2ccccc21. The molecular weight excluding hydrogens is 280 g/mol. The van der Waals surface area contributed by atoms with Gasteiger partial charge >= 0.3 is 5.97 Å².